The summed E-state index contributed by atoms with van der Waals surface area (Å²) in [5.74, 6) is 1.44. The maximum absolute atomic E-state index is 9.00. The van der Waals surface area contributed by atoms with E-state index in [-0.39, 0.29) is 40.6 Å². The number of rotatable bonds is 6. The molecular formula is C45H30N4. The lowest BCUT2D eigenvalue weighted by molar-refractivity contribution is 1.07. The molecule has 0 atom stereocenters. The van der Waals surface area contributed by atoms with Crippen molar-refractivity contribution >= 4 is 21.8 Å². The average molecular weight is 636 g/mol. The summed E-state index contributed by atoms with van der Waals surface area (Å²) < 4.78 is 78.4. The van der Waals surface area contributed by atoms with Crippen LogP contribution >= 0.6 is 0 Å². The summed E-state index contributed by atoms with van der Waals surface area (Å²) in [6.07, 6.45) is 0. The summed E-state index contributed by atoms with van der Waals surface area (Å²) in [5, 5.41) is 0.675. The van der Waals surface area contributed by atoms with Gasteiger partial charge in [-0.2, -0.15) is 0 Å². The van der Waals surface area contributed by atoms with Crippen LogP contribution in [0.15, 0.2) is 182 Å². The molecule has 0 amide bonds. The van der Waals surface area contributed by atoms with Gasteiger partial charge in [-0.25, -0.2) is 15.0 Å². The van der Waals surface area contributed by atoms with E-state index in [2.05, 4.69) is 18.2 Å². The van der Waals surface area contributed by atoms with Crippen LogP contribution in [0.4, 0.5) is 0 Å². The predicted molar refractivity (Wildman–Crippen MR) is 201 cm³/mol. The van der Waals surface area contributed by atoms with E-state index in [0.29, 0.717) is 45.2 Å². The van der Waals surface area contributed by atoms with Gasteiger partial charge in [-0.15, -0.1) is 0 Å². The highest BCUT2D eigenvalue weighted by Gasteiger charge is 2.16. The van der Waals surface area contributed by atoms with Gasteiger partial charge in [0.15, 0.2) is 17.5 Å². The zero-order chi connectivity index (χ0) is 40.4. The number of para-hydroxylation sites is 1. The minimum atomic E-state index is -0.504. The third-order valence-electron chi connectivity index (χ3n) is 8.47. The first kappa shape index (κ1) is 20.6. The van der Waals surface area contributed by atoms with E-state index in [1.165, 1.54) is 0 Å². The molecule has 0 fully saturated rings. The van der Waals surface area contributed by atoms with Gasteiger partial charge in [0.05, 0.1) is 23.4 Å². The minimum Gasteiger partial charge on any atom is -0.309 e. The Kier molecular flexibility index (Phi) is 5.11. The van der Waals surface area contributed by atoms with Crippen molar-refractivity contribution in [3.63, 3.8) is 0 Å². The molecule has 4 heteroatoms. The van der Waals surface area contributed by atoms with Crippen LogP contribution in [0.1, 0.15) is 12.3 Å². The molecule has 49 heavy (non-hydrogen) atoms. The van der Waals surface area contributed by atoms with Crippen molar-refractivity contribution in [3.8, 4) is 62.1 Å². The third-order valence-corrected chi connectivity index (χ3v) is 8.47. The molecule has 2 heterocycles. The van der Waals surface area contributed by atoms with Crippen LogP contribution in [-0.4, -0.2) is 19.5 Å². The topological polar surface area (TPSA) is 43.6 Å². The average Bonchev–Trinajstić information content (AvgIpc) is 3.61. The van der Waals surface area contributed by atoms with Crippen LogP contribution < -0.4 is 0 Å². The van der Waals surface area contributed by atoms with Crippen LogP contribution in [0.3, 0.4) is 0 Å². The van der Waals surface area contributed by atoms with Crippen molar-refractivity contribution in [1.82, 2.24) is 19.5 Å². The third kappa shape index (κ3) is 5.35. The smallest absolute Gasteiger partial charge is 0.164 e. The van der Waals surface area contributed by atoms with Gasteiger partial charge < -0.3 is 4.57 Å². The van der Waals surface area contributed by atoms with E-state index in [9.17, 15) is 0 Å². The minimum absolute atomic E-state index is 0.00243. The maximum atomic E-state index is 9.00. The zero-order valence-corrected chi connectivity index (χ0v) is 25.9. The van der Waals surface area contributed by atoms with Crippen molar-refractivity contribution < 1.29 is 12.3 Å². The number of hydrogen-bond acceptors (Lipinski definition) is 3. The summed E-state index contributed by atoms with van der Waals surface area (Å²) in [4.78, 5) is 14.7. The molecule has 0 saturated heterocycles. The summed E-state index contributed by atoms with van der Waals surface area (Å²) >= 11 is 0. The predicted octanol–water partition coefficient (Wildman–Crippen LogP) is 11.3. The monoisotopic (exact) mass is 635 g/mol. The number of aromatic nitrogens is 4. The van der Waals surface area contributed by atoms with E-state index in [4.69, 9.17) is 27.3 Å². The number of hydrogen-bond donors (Lipinski definition) is 0. The number of benzene rings is 7. The maximum Gasteiger partial charge on any atom is 0.164 e. The van der Waals surface area contributed by atoms with Crippen LogP contribution in [0, 0.1) is 0 Å². The lowest BCUT2D eigenvalue weighted by Gasteiger charge is -2.11. The van der Waals surface area contributed by atoms with Crippen LogP contribution in [-0.2, 0) is 0 Å². The van der Waals surface area contributed by atoms with Gasteiger partial charge in [0.2, 0.25) is 0 Å². The molecule has 0 aliphatic rings. The molecule has 0 spiro atoms. The largest absolute Gasteiger partial charge is 0.309 e. The lowest BCUT2D eigenvalue weighted by atomic mass is 10.0. The van der Waals surface area contributed by atoms with E-state index in [1.54, 1.807) is 22.8 Å². The molecule has 230 valence electrons. The summed E-state index contributed by atoms with van der Waals surface area (Å²) in [6, 6.07) is 36.7. The zero-order valence-electron chi connectivity index (χ0n) is 34.9. The first-order valence-electron chi connectivity index (χ1n) is 20.2. The molecule has 0 unspecified atom stereocenters. The van der Waals surface area contributed by atoms with Gasteiger partial charge >= 0.3 is 0 Å². The molecule has 0 N–H and O–H groups in total. The first-order valence-corrected chi connectivity index (χ1v) is 15.7. The number of fused-ring (bicyclic) bond motifs is 3. The Morgan fingerprint density at radius 3 is 1.65 bits per heavy atom. The Labute approximate surface area is 297 Å². The van der Waals surface area contributed by atoms with Crippen molar-refractivity contribution in [2.45, 2.75) is 0 Å². The van der Waals surface area contributed by atoms with Crippen molar-refractivity contribution in [2.24, 2.45) is 0 Å². The van der Waals surface area contributed by atoms with E-state index < -0.39 is 30.2 Å². The van der Waals surface area contributed by atoms with Crippen LogP contribution in [0.2, 0.25) is 0 Å². The molecule has 4 nitrogen and oxygen atoms in total. The molecular weight excluding hydrogens is 597 g/mol. The normalized spacial score (nSPS) is 13.8. The molecule has 0 bridgehead atoms. The van der Waals surface area contributed by atoms with Gasteiger partial charge in [-0.05, 0) is 70.8 Å². The molecule has 9 aromatic rings. The standard InChI is InChI=1S/C45H30N4/c1-4-13-31(14-5-1)35-19-12-20-37(29-35)45-47-43(33-17-8-3-9-18-33)46-44(48-45)34-23-26-38(27-24-34)49-41-22-11-10-21-39(41)40-30-36(25-28-42(40)49)32-15-6-2-7-16-32/h1-30H/i2D,6D,7D,10D,11D,15D,16D,21D,22D. The van der Waals surface area contributed by atoms with Crippen LogP contribution in [0.25, 0.3) is 83.9 Å². The quantitative estimate of drug-likeness (QED) is 0.183. The Morgan fingerprint density at radius 1 is 0.367 bits per heavy atom. The van der Waals surface area contributed by atoms with Gasteiger partial charge in [0.25, 0.3) is 0 Å². The molecule has 9 rings (SSSR count). The fourth-order valence-corrected chi connectivity index (χ4v) is 6.12. The van der Waals surface area contributed by atoms with E-state index in [1.807, 2.05) is 91.0 Å². The highest BCUT2D eigenvalue weighted by atomic mass is 15.0. The highest BCUT2D eigenvalue weighted by molar-refractivity contribution is 6.10. The van der Waals surface area contributed by atoms with Gasteiger partial charge in [-0.1, -0.05) is 133 Å². The Bertz CT molecular complexity index is 3070. The van der Waals surface area contributed by atoms with Gasteiger partial charge in [0, 0.05) is 33.2 Å². The second kappa shape index (κ2) is 12.2. The fraction of sp³-hybridized carbons (Fsp3) is 0. The molecule has 0 aliphatic carbocycles. The molecule has 0 aliphatic heterocycles. The van der Waals surface area contributed by atoms with E-state index in [0.717, 1.165) is 22.3 Å². The van der Waals surface area contributed by atoms with E-state index >= 15 is 0 Å². The second-order valence-electron chi connectivity index (χ2n) is 11.5. The SMILES string of the molecule is [2H]c1c([2H])c([2H])c(-c2ccc3c(c2)c2c([2H])c([2H])c([2H])c([2H])c2n3-c2ccc(-c3nc(-c4ccccc4)nc(-c4cccc(-c5ccccc5)c4)n3)cc2)c([2H])c1[2H]. The fourth-order valence-electron chi connectivity index (χ4n) is 6.12. The van der Waals surface area contributed by atoms with Gasteiger partial charge in [-0.3, -0.25) is 0 Å². The molecule has 7 aromatic carbocycles. The Hall–Kier alpha value is -6.65. The van der Waals surface area contributed by atoms with Gasteiger partial charge in [0.1, 0.15) is 0 Å². The summed E-state index contributed by atoms with van der Waals surface area (Å²) in [5.41, 5.74) is 6.11. The number of nitrogens with zero attached hydrogens (tertiary/aromatic N) is 4. The molecule has 2 aromatic heterocycles. The van der Waals surface area contributed by atoms with Crippen molar-refractivity contribution in [3.05, 3.63) is 182 Å². The Balaban J connectivity index is 1.21. The molecule has 0 saturated carbocycles. The Morgan fingerprint density at radius 2 is 0.918 bits per heavy atom. The van der Waals surface area contributed by atoms with Crippen molar-refractivity contribution in [2.75, 3.05) is 0 Å². The summed E-state index contributed by atoms with van der Waals surface area (Å²) in [7, 11) is 0. The first-order chi connectivity index (χ1) is 28.0. The second-order valence-corrected chi connectivity index (χ2v) is 11.5. The summed E-state index contributed by atoms with van der Waals surface area (Å²) in [6.45, 7) is 0. The highest BCUT2D eigenvalue weighted by Crippen LogP contribution is 2.35. The molecule has 0 radical (unpaired) electrons. The van der Waals surface area contributed by atoms with Crippen molar-refractivity contribution in [1.29, 1.82) is 0 Å². The lowest BCUT2D eigenvalue weighted by Crippen LogP contribution is -2.00. The van der Waals surface area contributed by atoms with Crippen LogP contribution in [0.5, 0.6) is 0 Å².